The van der Waals surface area contributed by atoms with Crippen LogP contribution in [-0.4, -0.2) is 49.9 Å². The van der Waals surface area contributed by atoms with Crippen LogP contribution < -0.4 is 15.4 Å². The van der Waals surface area contributed by atoms with Crippen molar-refractivity contribution in [1.29, 1.82) is 0 Å². The Morgan fingerprint density at radius 2 is 2.19 bits per heavy atom. The lowest BCUT2D eigenvalue weighted by molar-refractivity contribution is -0.0823. The first-order valence-electron chi connectivity index (χ1n) is 9.67. The van der Waals surface area contributed by atoms with E-state index in [1.165, 1.54) is 6.42 Å². The lowest BCUT2D eigenvalue weighted by Crippen LogP contribution is -2.43. The molecular weight excluding hydrogens is 455 g/mol. The van der Waals surface area contributed by atoms with E-state index in [9.17, 15) is 0 Å². The molecule has 1 saturated heterocycles. The number of nitrogens with one attached hydrogen (secondary N) is 2. The largest absolute Gasteiger partial charge is 0.490 e. The molecule has 2 rings (SSSR count). The van der Waals surface area contributed by atoms with Crippen molar-refractivity contribution in [1.82, 2.24) is 15.6 Å². The third-order valence-corrected chi connectivity index (χ3v) is 4.42. The first-order chi connectivity index (χ1) is 12.5. The van der Waals surface area contributed by atoms with Crippen molar-refractivity contribution in [3.05, 3.63) is 24.5 Å². The van der Waals surface area contributed by atoms with Crippen molar-refractivity contribution in [3.63, 3.8) is 0 Å². The van der Waals surface area contributed by atoms with Gasteiger partial charge in [-0.2, -0.15) is 0 Å². The Bertz CT molecular complexity index is 549. The minimum Gasteiger partial charge on any atom is -0.490 e. The van der Waals surface area contributed by atoms with Crippen LogP contribution in [0.3, 0.4) is 0 Å². The van der Waals surface area contributed by atoms with Gasteiger partial charge in [-0.25, -0.2) is 0 Å². The van der Waals surface area contributed by atoms with Gasteiger partial charge in [0.05, 0.1) is 18.8 Å². The zero-order valence-corrected chi connectivity index (χ0v) is 19.4. The number of pyridine rings is 1. The quantitative estimate of drug-likeness (QED) is 0.265. The number of hydrogen-bond donors (Lipinski definition) is 2. The summed E-state index contributed by atoms with van der Waals surface area (Å²) in [5, 5.41) is 6.64. The van der Waals surface area contributed by atoms with Crippen LogP contribution >= 0.6 is 24.0 Å². The van der Waals surface area contributed by atoms with Gasteiger partial charge in [0.1, 0.15) is 12.4 Å². The molecule has 2 unspecified atom stereocenters. The molecule has 0 spiro atoms. The second kappa shape index (κ2) is 12.4. The molecule has 0 bridgehead atoms. The first kappa shape index (κ1) is 23.9. The number of hydrogen-bond acceptors (Lipinski definition) is 4. The van der Waals surface area contributed by atoms with Gasteiger partial charge in [-0.05, 0) is 37.3 Å². The van der Waals surface area contributed by atoms with Gasteiger partial charge in [0, 0.05) is 31.8 Å². The van der Waals surface area contributed by atoms with Gasteiger partial charge in [-0.1, -0.05) is 20.8 Å². The van der Waals surface area contributed by atoms with E-state index in [2.05, 4.69) is 43.3 Å². The smallest absolute Gasteiger partial charge is 0.191 e. The summed E-state index contributed by atoms with van der Waals surface area (Å²) in [5.74, 6) is 2.08. The molecule has 154 valence electrons. The van der Waals surface area contributed by atoms with E-state index in [1.807, 2.05) is 12.1 Å². The molecule has 1 aromatic heterocycles. The predicted molar refractivity (Wildman–Crippen MR) is 121 cm³/mol. The average Bonchev–Trinajstić information content (AvgIpc) is 2.63. The second-order valence-corrected chi connectivity index (χ2v) is 7.74. The predicted octanol–water partition coefficient (Wildman–Crippen LogP) is 3.47. The molecule has 27 heavy (non-hydrogen) atoms. The molecule has 7 heteroatoms. The number of halogens is 1. The Morgan fingerprint density at radius 3 is 2.85 bits per heavy atom. The summed E-state index contributed by atoms with van der Waals surface area (Å²) in [5.41, 5.74) is 0.143. The SMILES string of the molecule is CCNC(=NCC1CCCOC1C(C)(C)C)NCCOc1cccnc1.I. The molecular formula is C20H35IN4O2. The lowest BCUT2D eigenvalue weighted by Gasteiger charge is -2.39. The van der Waals surface area contributed by atoms with E-state index < -0.39 is 0 Å². The van der Waals surface area contributed by atoms with Crippen molar-refractivity contribution in [3.8, 4) is 5.75 Å². The number of nitrogens with zero attached hydrogens (tertiary/aromatic N) is 2. The van der Waals surface area contributed by atoms with Gasteiger partial charge in [-0.15, -0.1) is 24.0 Å². The molecule has 2 atom stereocenters. The number of rotatable bonds is 7. The Hall–Kier alpha value is -1.09. The van der Waals surface area contributed by atoms with Gasteiger partial charge < -0.3 is 20.1 Å². The van der Waals surface area contributed by atoms with Crippen LogP contribution in [0.1, 0.15) is 40.5 Å². The van der Waals surface area contributed by atoms with Gasteiger partial charge in [0.2, 0.25) is 0 Å². The third kappa shape index (κ3) is 8.64. The molecule has 0 amide bonds. The summed E-state index contributed by atoms with van der Waals surface area (Å²) in [4.78, 5) is 8.83. The molecule has 0 saturated carbocycles. The number of aliphatic imine (C=N–C) groups is 1. The summed E-state index contributed by atoms with van der Waals surface area (Å²) >= 11 is 0. The van der Waals surface area contributed by atoms with Crippen molar-refractivity contribution in [2.45, 2.75) is 46.6 Å². The maximum atomic E-state index is 6.06. The fourth-order valence-corrected chi connectivity index (χ4v) is 3.31. The van der Waals surface area contributed by atoms with Crippen LogP contribution in [0.15, 0.2) is 29.5 Å². The van der Waals surface area contributed by atoms with Gasteiger partial charge in [0.15, 0.2) is 5.96 Å². The molecule has 2 heterocycles. The Balaban J connectivity index is 0.00000364. The van der Waals surface area contributed by atoms with E-state index in [0.29, 0.717) is 19.1 Å². The summed E-state index contributed by atoms with van der Waals surface area (Å²) in [6.07, 6.45) is 6.01. The summed E-state index contributed by atoms with van der Waals surface area (Å²) in [6.45, 7) is 12.5. The van der Waals surface area contributed by atoms with Gasteiger partial charge >= 0.3 is 0 Å². The highest BCUT2D eigenvalue weighted by atomic mass is 127. The fraction of sp³-hybridized carbons (Fsp3) is 0.700. The van der Waals surface area contributed by atoms with Crippen LogP contribution in [0.5, 0.6) is 5.75 Å². The van der Waals surface area contributed by atoms with E-state index >= 15 is 0 Å². The van der Waals surface area contributed by atoms with Gasteiger partial charge in [-0.3, -0.25) is 9.98 Å². The molecule has 1 aromatic rings. The Kier molecular flexibility index (Phi) is 11.0. The normalized spacial score (nSPS) is 20.5. The van der Waals surface area contributed by atoms with Crippen LogP contribution in [-0.2, 0) is 4.74 Å². The third-order valence-electron chi connectivity index (χ3n) is 4.42. The number of aromatic nitrogens is 1. The molecule has 0 aromatic carbocycles. The van der Waals surface area contributed by atoms with Crippen molar-refractivity contribution < 1.29 is 9.47 Å². The maximum Gasteiger partial charge on any atom is 0.191 e. The maximum absolute atomic E-state index is 6.06. The second-order valence-electron chi connectivity index (χ2n) is 7.74. The monoisotopic (exact) mass is 490 g/mol. The van der Waals surface area contributed by atoms with Crippen LogP contribution in [0.2, 0.25) is 0 Å². The summed E-state index contributed by atoms with van der Waals surface area (Å²) < 4.78 is 11.7. The highest BCUT2D eigenvalue weighted by Crippen LogP contribution is 2.34. The lowest BCUT2D eigenvalue weighted by atomic mass is 9.78. The topological polar surface area (TPSA) is 67.8 Å². The van der Waals surface area contributed by atoms with Crippen molar-refractivity contribution in [2.24, 2.45) is 16.3 Å². The number of guanidine groups is 1. The molecule has 1 aliphatic heterocycles. The standard InChI is InChI=1S/C20H34N4O2.HI/c1-5-22-19(23-11-13-25-17-9-6-10-21-15-17)24-14-16-8-7-12-26-18(16)20(2,3)4;/h6,9-10,15-16,18H,5,7-8,11-14H2,1-4H3,(H2,22,23,24);1H. The van der Waals surface area contributed by atoms with Crippen molar-refractivity contribution in [2.75, 3.05) is 32.8 Å². The minimum atomic E-state index is 0. The number of ether oxygens (including phenoxy) is 2. The molecule has 0 aliphatic carbocycles. The fourth-order valence-electron chi connectivity index (χ4n) is 3.31. The molecule has 2 N–H and O–H groups in total. The first-order valence-corrected chi connectivity index (χ1v) is 9.67. The van der Waals surface area contributed by atoms with E-state index in [4.69, 9.17) is 14.5 Å². The Labute approximate surface area is 180 Å². The molecule has 6 nitrogen and oxygen atoms in total. The van der Waals surface area contributed by atoms with E-state index in [0.717, 1.165) is 37.8 Å². The zero-order chi connectivity index (χ0) is 18.8. The Morgan fingerprint density at radius 1 is 1.37 bits per heavy atom. The van der Waals surface area contributed by atoms with Crippen LogP contribution in [0.25, 0.3) is 0 Å². The minimum absolute atomic E-state index is 0. The zero-order valence-electron chi connectivity index (χ0n) is 17.0. The summed E-state index contributed by atoms with van der Waals surface area (Å²) in [7, 11) is 0. The van der Waals surface area contributed by atoms with E-state index in [-0.39, 0.29) is 35.5 Å². The molecule has 1 aliphatic rings. The highest BCUT2D eigenvalue weighted by molar-refractivity contribution is 14.0. The molecule has 1 fully saturated rings. The molecule has 0 radical (unpaired) electrons. The van der Waals surface area contributed by atoms with Crippen molar-refractivity contribution >= 4 is 29.9 Å². The highest BCUT2D eigenvalue weighted by Gasteiger charge is 2.35. The van der Waals surface area contributed by atoms with Crippen LogP contribution in [0.4, 0.5) is 0 Å². The van der Waals surface area contributed by atoms with Gasteiger partial charge in [0.25, 0.3) is 0 Å². The van der Waals surface area contributed by atoms with E-state index in [1.54, 1.807) is 12.4 Å². The average molecular weight is 490 g/mol. The summed E-state index contributed by atoms with van der Waals surface area (Å²) in [6, 6.07) is 3.77. The van der Waals surface area contributed by atoms with Crippen LogP contribution in [0, 0.1) is 11.3 Å².